The molecule has 1 unspecified atom stereocenters. The highest BCUT2D eigenvalue weighted by Crippen LogP contribution is 2.28. The zero-order valence-electron chi connectivity index (χ0n) is 15.4. The van der Waals surface area contributed by atoms with Gasteiger partial charge in [0.15, 0.2) is 5.96 Å². The molecular formula is C19H30FN3O3. The van der Waals surface area contributed by atoms with Crippen molar-refractivity contribution < 1.29 is 19.0 Å². The van der Waals surface area contributed by atoms with Gasteiger partial charge in [0.25, 0.3) is 0 Å². The van der Waals surface area contributed by atoms with Crippen molar-refractivity contribution in [2.45, 2.75) is 32.3 Å². The molecule has 3 N–H and O–H groups in total. The molecule has 1 aromatic rings. The molecule has 0 amide bonds. The number of halogens is 1. The quantitative estimate of drug-likeness (QED) is 0.299. The summed E-state index contributed by atoms with van der Waals surface area (Å²) in [5.74, 6) is 1.66. The van der Waals surface area contributed by atoms with Crippen molar-refractivity contribution in [1.82, 2.24) is 10.6 Å². The Morgan fingerprint density at radius 3 is 2.77 bits per heavy atom. The van der Waals surface area contributed by atoms with Gasteiger partial charge in [-0.2, -0.15) is 0 Å². The van der Waals surface area contributed by atoms with E-state index in [1.54, 1.807) is 0 Å². The predicted molar refractivity (Wildman–Crippen MR) is 100 cm³/mol. The number of nitrogens with one attached hydrogen (secondary N) is 2. The summed E-state index contributed by atoms with van der Waals surface area (Å²) in [5.41, 5.74) is 0. The van der Waals surface area contributed by atoms with Crippen molar-refractivity contribution in [1.29, 1.82) is 0 Å². The topological polar surface area (TPSA) is 75.1 Å². The van der Waals surface area contributed by atoms with Crippen LogP contribution in [0, 0.1) is 11.7 Å². The van der Waals surface area contributed by atoms with Crippen LogP contribution in [0.1, 0.15) is 26.2 Å². The van der Waals surface area contributed by atoms with Crippen LogP contribution in [-0.2, 0) is 4.74 Å². The highest BCUT2D eigenvalue weighted by atomic mass is 19.1. The molecule has 0 radical (unpaired) electrons. The maximum Gasteiger partial charge on any atom is 0.191 e. The van der Waals surface area contributed by atoms with Gasteiger partial charge >= 0.3 is 0 Å². The standard InChI is InChI=1S/C19H30FN3O3/c1-2-21-19(22-10-3-11-25-13-15-4-5-15)23-12-17(24)14-26-18-8-6-16(20)7-9-18/h6-9,15,17,24H,2-5,10-14H2,1H3,(H2,21,22,23). The molecule has 7 heteroatoms. The third-order valence-corrected chi connectivity index (χ3v) is 3.87. The Morgan fingerprint density at radius 2 is 2.08 bits per heavy atom. The lowest BCUT2D eigenvalue weighted by atomic mass is 10.3. The molecule has 0 saturated heterocycles. The second-order valence-corrected chi connectivity index (χ2v) is 6.44. The molecule has 0 bridgehead atoms. The van der Waals surface area contributed by atoms with E-state index in [1.807, 2.05) is 6.92 Å². The first-order valence-electron chi connectivity index (χ1n) is 9.33. The van der Waals surface area contributed by atoms with Crippen LogP contribution in [0.5, 0.6) is 5.75 Å². The largest absolute Gasteiger partial charge is 0.491 e. The SMILES string of the molecule is CCNC(=NCC(O)COc1ccc(F)cc1)NCCCOCC1CC1. The number of hydrogen-bond donors (Lipinski definition) is 3. The summed E-state index contributed by atoms with van der Waals surface area (Å²) in [5, 5.41) is 16.4. The van der Waals surface area contributed by atoms with Crippen molar-refractivity contribution in [3.05, 3.63) is 30.1 Å². The molecule has 0 aromatic heterocycles. The summed E-state index contributed by atoms with van der Waals surface area (Å²) in [6.45, 7) is 5.44. The van der Waals surface area contributed by atoms with Crippen LogP contribution in [0.3, 0.4) is 0 Å². The first-order chi connectivity index (χ1) is 12.7. The number of aliphatic hydroxyl groups is 1. The highest BCUT2D eigenvalue weighted by Gasteiger charge is 2.20. The van der Waals surface area contributed by atoms with Crippen LogP contribution >= 0.6 is 0 Å². The Kier molecular flexibility index (Phi) is 9.20. The lowest BCUT2D eigenvalue weighted by molar-refractivity contribution is 0.114. The Bertz CT molecular complexity index is 535. The molecule has 6 nitrogen and oxygen atoms in total. The lowest BCUT2D eigenvalue weighted by Gasteiger charge is -2.14. The van der Waals surface area contributed by atoms with Gasteiger partial charge in [-0.05, 0) is 56.4 Å². The van der Waals surface area contributed by atoms with Crippen molar-refractivity contribution >= 4 is 5.96 Å². The molecule has 146 valence electrons. The van der Waals surface area contributed by atoms with Crippen LogP contribution in [0.25, 0.3) is 0 Å². The maximum atomic E-state index is 12.8. The van der Waals surface area contributed by atoms with E-state index in [0.29, 0.717) is 11.7 Å². The second-order valence-electron chi connectivity index (χ2n) is 6.44. The first-order valence-corrected chi connectivity index (χ1v) is 9.33. The molecule has 1 aromatic carbocycles. The van der Waals surface area contributed by atoms with E-state index in [-0.39, 0.29) is 19.0 Å². The van der Waals surface area contributed by atoms with Gasteiger partial charge in [-0.3, -0.25) is 4.99 Å². The predicted octanol–water partition coefficient (Wildman–Crippen LogP) is 1.94. The average molecular weight is 367 g/mol. The number of aliphatic imine (C=N–C) groups is 1. The van der Waals surface area contributed by atoms with Crippen molar-refractivity contribution in [3.8, 4) is 5.75 Å². The minimum Gasteiger partial charge on any atom is -0.491 e. The van der Waals surface area contributed by atoms with Crippen LogP contribution < -0.4 is 15.4 Å². The third-order valence-electron chi connectivity index (χ3n) is 3.87. The van der Waals surface area contributed by atoms with Gasteiger partial charge in [0, 0.05) is 26.3 Å². The maximum absolute atomic E-state index is 12.8. The molecule has 1 aliphatic rings. The van der Waals surface area contributed by atoms with Gasteiger partial charge in [0.2, 0.25) is 0 Å². The minimum atomic E-state index is -0.739. The molecule has 0 aliphatic heterocycles. The molecular weight excluding hydrogens is 337 g/mol. The summed E-state index contributed by atoms with van der Waals surface area (Å²) < 4.78 is 23.9. The van der Waals surface area contributed by atoms with Crippen molar-refractivity contribution in [2.24, 2.45) is 10.9 Å². The highest BCUT2D eigenvalue weighted by molar-refractivity contribution is 5.79. The molecule has 1 atom stereocenters. The van der Waals surface area contributed by atoms with Crippen molar-refractivity contribution in [2.75, 3.05) is 39.5 Å². The number of guanidine groups is 1. The third kappa shape index (κ3) is 9.01. The first kappa shape index (κ1) is 20.5. The van der Waals surface area contributed by atoms with Gasteiger partial charge in [-0.1, -0.05) is 0 Å². The summed E-state index contributed by atoms with van der Waals surface area (Å²) in [4.78, 5) is 4.36. The summed E-state index contributed by atoms with van der Waals surface area (Å²) in [6, 6.07) is 5.70. The average Bonchev–Trinajstić information content (AvgIpc) is 3.46. The molecule has 26 heavy (non-hydrogen) atoms. The minimum absolute atomic E-state index is 0.101. The number of aliphatic hydroxyl groups excluding tert-OH is 1. The number of rotatable bonds is 12. The van der Waals surface area contributed by atoms with Crippen LogP contribution in [0.2, 0.25) is 0 Å². The van der Waals surface area contributed by atoms with Gasteiger partial charge < -0.3 is 25.2 Å². The van der Waals surface area contributed by atoms with E-state index in [0.717, 1.165) is 38.6 Å². The number of nitrogens with zero attached hydrogens (tertiary/aromatic N) is 1. The van der Waals surface area contributed by atoms with E-state index in [2.05, 4.69) is 15.6 Å². The number of ether oxygens (including phenoxy) is 2. The van der Waals surface area contributed by atoms with Gasteiger partial charge in [0.05, 0.1) is 6.54 Å². The summed E-state index contributed by atoms with van der Waals surface area (Å²) in [6.07, 6.45) is 2.79. The van der Waals surface area contributed by atoms with Crippen LogP contribution in [0.4, 0.5) is 4.39 Å². The lowest BCUT2D eigenvalue weighted by Crippen LogP contribution is -2.39. The van der Waals surface area contributed by atoms with Gasteiger partial charge in [0.1, 0.15) is 24.3 Å². The normalized spacial score (nSPS) is 15.6. The molecule has 1 fully saturated rings. The second kappa shape index (κ2) is 11.7. The van der Waals surface area contributed by atoms with Gasteiger partial charge in [-0.25, -0.2) is 4.39 Å². The van der Waals surface area contributed by atoms with Crippen LogP contribution in [-0.4, -0.2) is 56.6 Å². The molecule has 2 rings (SSSR count). The fourth-order valence-corrected chi connectivity index (χ4v) is 2.23. The smallest absolute Gasteiger partial charge is 0.191 e. The van der Waals surface area contributed by atoms with Gasteiger partial charge in [-0.15, -0.1) is 0 Å². The van der Waals surface area contributed by atoms with E-state index in [1.165, 1.54) is 37.1 Å². The molecule has 1 aliphatic carbocycles. The Morgan fingerprint density at radius 1 is 1.31 bits per heavy atom. The Labute approximate surface area is 154 Å². The van der Waals surface area contributed by atoms with E-state index in [4.69, 9.17) is 9.47 Å². The van der Waals surface area contributed by atoms with Crippen molar-refractivity contribution in [3.63, 3.8) is 0 Å². The Balaban J connectivity index is 1.61. The summed E-state index contributed by atoms with van der Waals surface area (Å²) >= 11 is 0. The fraction of sp³-hybridized carbons (Fsp3) is 0.632. The zero-order chi connectivity index (χ0) is 18.6. The summed E-state index contributed by atoms with van der Waals surface area (Å²) in [7, 11) is 0. The molecule has 0 spiro atoms. The molecule has 0 heterocycles. The van der Waals surface area contributed by atoms with Crippen LogP contribution in [0.15, 0.2) is 29.3 Å². The number of benzene rings is 1. The monoisotopic (exact) mass is 367 g/mol. The van der Waals surface area contributed by atoms with E-state index in [9.17, 15) is 9.50 Å². The van der Waals surface area contributed by atoms with E-state index < -0.39 is 6.10 Å². The molecule has 1 saturated carbocycles. The number of hydrogen-bond acceptors (Lipinski definition) is 4. The Hall–Kier alpha value is -1.86. The zero-order valence-corrected chi connectivity index (χ0v) is 15.4. The van der Waals surface area contributed by atoms with E-state index >= 15 is 0 Å². The fourth-order valence-electron chi connectivity index (χ4n) is 2.23.